The van der Waals surface area contributed by atoms with Crippen molar-refractivity contribution in [2.75, 3.05) is 32.2 Å². The van der Waals surface area contributed by atoms with Gasteiger partial charge in [0.05, 0.1) is 6.61 Å². The van der Waals surface area contributed by atoms with Crippen LogP contribution in [0, 0.1) is 0 Å². The van der Waals surface area contributed by atoms with E-state index in [1.54, 1.807) is 13.2 Å². The molecule has 0 saturated carbocycles. The van der Waals surface area contributed by atoms with E-state index >= 15 is 0 Å². The summed E-state index contributed by atoms with van der Waals surface area (Å²) in [5.74, 6) is 0.247. The Morgan fingerprint density at radius 3 is 2.69 bits per heavy atom. The lowest BCUT2D eigenvalue weighted by Gasteiger charge is -2.20. The third-order valence-electron chi connectivity index (χ3n) is 2.58. The average molecular weight is 224 g/mol. The maximum Gasteiger partial charge on any atom is 0.122 e. The molecule has 0 radical (unpaired) electrons. The van der Waals surface area contributed by atoms with Gasteiger partial charge < -0.3 is 20.5 Å². The molecular formula is C12H20N2O2. The van der Waals surface area contributed by atoms with E-state index in [-0.39, 0.29) is 11.8 Å². The number of anilines is 1. The molecule has 4 heteroatoms. The number of methoxy groups -OCH3 is 1. The Bertz CT molecular complexity index is 340. The molecule has 0 aliphatic rings. The molecule has 0 saturated heterocycles. The number of benzene rings is 1. The minimum Gasteiger partial charge on any atom is -0.508 e. The minimum absolute atomic E-state index is 0.154. The standard InChI is InChI=1S/C12H20N2O2/c1-9(13)11-5-4-10(8-12(11)15)14(2)6-7-16-3/h4-5,8-9,15H,6-7,13H2,1-3H3. The summed E-state index contributed by atoms with van der Waals surface area (Å²) < 4.78 is 5.00. The van der Waals surface area contributed by atoms with Crippen molar-refractivity contribution in [3.8, 4) is 5.75 Å². The fourth-order valence-electron chi connectivity index (χ4n) is 1.51. The van der Waals surface area contributed by atoms with Crippen LogP contribution in [0.15, 0.2) is 18.2 Å². The second-order valence-electron chi connectivity index (χ2n) is 3.95. The lowest BCUT2D eigenvalue weighted by Crippen LogP contribution is -2.22. The summed E-state index contributed by atoms with van der Waals surface area (Å²) in [4.78, 5) is 2.02. The van der Waals surface area contributed by atoms with E-state index in [9.17, 15) is 5.11 Å². The number of rotatable bonds is 5. The van der Waals surface area contributed by atoms with Gasteiger partial charge in [0.2, 0.25) is 0 Å². The fraction of sp³-hybridized carbons (Fsp3) is 0.500. The zero-order valence-electron chi connectivity index (χ0n) is 10.1. The van der Waals surface area contributed by atoms with Crippen LogP contribution in [0.25, 0.3) is 0 Å². The highest BCUT2D eigenvalue weighted by molar-refractivity contribution is 5.53. The highest BCUT2D eigenvalue weighted by atomic mass is 16.5. The van der Waals surface area contributed by atoms with Gasteiger partial charge in [0, 0.05) is 44.1 Å². The minimum atomic E-state index is -0.154. The highest BCUT2D eigenvalue weighted by Gasteiger charge is 2.08. The molecule has 0 heterocycles. The van der Waals surface area contributed by atoms with Crippen LogP contribution in [0.3, 0.4) is 0 Å². The van der Waals surface area contributed by atoms with Crippen LogP contribution >= 0.6 is 0 Å². The molecule has 0 bridgehead atoms. The van der Waals surface area contributed by atoms with Gasteiger partial charge in [0.1, 0.15) is 5.75 Å². The van der Waals surface area contributed by atoms with E-state index in [4.69, 9.17) is 10.5 Å². The second kappa shape index (κ2) is 5.72. The molecular weight excluding hydrogens is 204 g/mol. The molecule has 0 spiro atoms. The summed E-state index contributed by atoms with van der Waals surface area (Å²) in [7, 11) is 3.63. The van der Waals surface area contributed by atoms with Gasteiger partial charge in [0.25, 0.3) is 0 Å². The number of phenols is 1. The van der Waals surface area contributed by atoms with E-state index in [2.05, 4.69) is 0 Å². The van der Waals surface area contributed by atoms with Crippen molar-refractivity contribution in [1.82, 2.24) is 0 Å². The Morgan fingerprint density at radius 1 is 1.50 bits per heavy atom. The molecule has 0 fully saturated rings. The van der Waals surface area contributed by atoms with Crippen LogP contribution in [-0.4, -0.2) is 32.4 Å². The maximum absolute atomic E-state index is 9.80. The first-order valence-electron chi connectivity index (χ1n) is 5.34. The molecule has 1 aromatic carbocycles. The van der Waals surface area contributed by atoms with Gasteiger partial charge in [-0.1, -0.05) is 6.07 Å². The van der Waals surface area contributed by atoms with Crippen molar-refractivity contribution in [2.45, 2.75) is 13.0 Å². The smallest absolute Gasteiger partial charge is 0.122 e. The molecule has 4 nitrogen and oxygen atoms in total. The number of phenolic OH excluding ortho intramolecular Hbond substituents is 1. The fourth-order valence-corrected chi connectivity index (χ4v) is 1.51. The molecule has 1 atom stereocenters. The van der Waals surface area contributed by atoms with Crippen LogP contribution in [-0.2, 0) is 4.74 Å². The molecule has 16 heavy (non-hydrogen) atoms. The summed E-state index contributed by atoms with van der Waals surface area (Å²) in [5, 5.41) is 9.80. The summed E-state index contributed by atoms with van der Waals surface area (Å²) in [6.07, 6.45) is 0. The Morgan fingerprint density at radius 2 is 2.19 bits per heavy atom. The zero-order chi connectivity index (χ0) is 12.1. The van der Waals surface area contributed by atoms with Gasteiger partial charge in [-0.05, 0) is 13.0 Å². The predicted molar refractivity (Wildman–Crippen MR) is 65.9 cm³/mol. The largest absolute Gasteiger partial charge is 0.508 e. The first kappa shape index (κ1) is 12.8. The molecule has 1 aromatic rings. The third-order valence-corrected chi connectivity index (χ3v) is 2.58. The Labute approximate surface area is 96.6 Å². The Balaban J connectivity index is 2.80. The second-order valence-corrected chi connectivity index (χ2v) is 3.95. The first-order chi connectivity index (χ1) is 7.56. The van der Waals surface area contributed by atoms with Crippen LogP contribution in [0.1, 0.15) is 18.5 Å². The molecule has 0 aromatic heterocycles. The van der Waals surface area contributed by atoms with Crippen LogP contribution in [0.4, 0.5) is 5.69 Å². The van der Waals surface area contributed by atoms with E-state index in [0.29, 0.717) is 6.61 Å². The van der Waals surface area contributed by atoms with Gasteiger partial charge >= 0.3 is 0 Å². The topological polar surface area (TPSA) is 58.7 Å². The molecule has 3 N–H and O–H groups in total. The monoisotopic (exact) mass is 224 g/mol. The number of hydrogen-bond acceptors (Lipinski definition) is 4. The molecule has 90 valence electrons. The number of likely N-dealkylation sites (N-methyl/N-ethyl adjacent to an activating group) is 1. The lowest BCUT2D eigenvalue weighted by atomic mass is 10.1. The van der Waals surface area contributed by atoms with Gasteiger partial charge in [-0.15, -0.1) is 0 Å². The average Bonchev–Trinajstić information content (AvgIpc) is 2.25. The van der Waals surface area contributed by atoms with Crippen LogP contribution < -0.4 is 10.6 Å². The van der Waals surface area contributed by atoms with Gasteiger partial charge in [0.15, 0.2) is 0 Å². The number of nitrogens with zero attached hydrogens (tertiary/aromatic N) is 1. The summed E-state index contributed by atoms with van der Waals surface area (Å²) >= 11 is 0. The van der Waals surface area contributed by atoms with E-state index in [1.165, 1.54) is 0 Å². The molecule has 0 aliphatic carbocycles. The molecule has 1 rings (SSSR count). The molecule has 1 unspecified atom stereocenters. The quantitative estimate of drug-likeness (QED) is 0.795. The Hall–Kier alpha value is -1.26. The highest BCUT2D eigenvalue weighted by Crippen LogP contribution is 2.27. The van der Waals surface area contributed by atoms with Crippen molar-refractivity contribution in [2.24, 2.45) is 5.73 Å². The maximum atomic E-state index is 9.80. The van der Waals surface area contributed by atoms with Crippen molar-refractivity contribution in [3.05, 3.63) is 23.8 Å². The molecule has 0 amide bonds. The Kier molecular flexibility index (Phi) is 4.58. The predicted octanol–water partition coefficient (Wildman–Crippen LogP) is 1.49. The van der Waals surface area contributed by atoms with Crippen LogP contribution in [0.5, 0.6) is 5.75 Å². The summed E-state index contributed by atoms with van der Waals surface area (Å²) in [6.45, 7) is 3.29. The number of aromatic hydroxyl groups is 1. The summed E-state index contributed by atoms with van der Waals surface area (Å²) in [6, 6.07) is 5.39. The summed E-state index contributed by atoms with van der Waals surface area (Å²) in [5.41, 5.74) is 7.45. The third kappa shape index (κ3) is 3.12. The lowest BCUT2D eigenvalue weighted by molar-refractivity contribution is 0.206. The van der Waals surface area contributed by atoms with Crippen molar-refractivity contribution in [1.29, 1.82) is 0 Å². The van der Waals surface area contributed by atoms with E-state index in [0.717, 1.165) is 17.8 Å². The number of nitrogens with two attached hydrogens (primary N) is 1. The SMILES string of the molecule is COCCN(C)c1ccc(C(C)N)c(O)c1. The normalized spacial score (nSPS) is 12.5. The van der Waals surface area contributed by atoms with Crippen LogP contribution in [0.2, 0.25) is 0 Å². The number of hydrogen-bond donors (Lipinski definition) is 2. The first-order valence-corrected chi connectivity index (χ1v) is 5.34. The number of ether oxygens (including phenoxy) is 1. The van der Waals surface area contributed by atoms with Crippen molar-refractivity contribution >= 4 is 5.69 Å². The van der Waals surface area contributed by atoms with Gasteiger partial charge in [-0.2, -0.15) is 0 Å². The van der Waals surface area contributed by atoms with Gasteiger partial charge in [-0.25, -0.2) is 0 Å². The van der Waals surface area contributed by atoms with Gasteiger partial charge in [-0.3, -0.25) is 0 Å². The van der Waals surface area contributed by atoms with Crippen molar-refractivity contribution in [3.63, 3.8) is 0 Å². The van der Waals surface area contributed by atoms with E-state index in [1.807, 2.05) is 31.0 Å². The zero-order valence-corrected chi connectivity index (χ0v) is 10.1. The van der Waals surface area contributed by atoms with E-state index < -0.39 is 0 Å². The van der Waals surface area contributed by atoms with Crippen molar-refractivity contribution < 1.29 is 9.84 Å². The molecule has 0 aliphatic heterocycles.